The second-order valence-electron chi connectivity index (χ2n) is 9.56. The van der Waals surface area contributed by atoms with Crippen molar-refractivity contribution in [3.8, 4) is 11.8 Å². The van der Waals surface area contributed by atoms with Crippen molar-refractivity contribution in [2.45, 2.75) is 83.7 Å². The number of rotatable bonds is 10. The van der Waals surface area contributed by atoms with Gasteiger partial charge < -0.3 is 19.3 Å². The van der Waals surface area contributed by atoms with Crippen LogP contribution in [0.2, 0.25) is 0 Å². The van der Waals surface area contributed by atoms with E-state index in [9.17, 15) is 9.90 Å². The van der Waals surface area contributed by atoms with Gasteiger partial charge in [0, 0.05) is 25.4 Å². The molecule has 3 unspecified atom stereocenters. The van der Waals surface area contributed by atoms with Crippen molar-refractivity contribution in [1.29, 1.82) is 0 Å². The second kappa shape index (κ2) is 13.1. The largest absolute Gasteiger partial charge is 0.469 e. The van der Waals surface area contributed by atoms with Crippen molar-refractivity contribution in [3.63, 3.8) is 0 Å². The minimum atomic E-state index is -0.511. The van der Waals surface area contributed by atoms with Crippen LogP contribution < -0.4 is 0 Å². The van der Waals surface area contributed by atoms with Crippen molar-refractivity contribution in [2.24, 2.45) is 23.7 Å². The monoisotopic (exact) mass is 456 g/mol. The molecule has 3 rings (SSSR count). The van der Waals surface area contributed by atoms with Crippen molar-refractivity contribution >= 4 is 5.97 Å². The van der Waals surface area contributed by atoms with Gasteiger partial charge in [0.2, 0.25) is 0 Å². The second-order valence-corrected chi connectivity index (χ2v) is 9.56. The molecule has 1 saturated heterocycles. The van der Waals surface area contributed by atoms with Crippen molar-refractivity contribution < 1.29 is 24.1 Å². The lowest BCUT2D eigenvalue weighted by molar-refractivity contribution is -0.192. The minimum absolute atomic E-state index is 0.0990. The number of methoxy groups -OCH3 is 1. The number of ether oxygens (including phenoxy) is 3. The molecule has 1 N–H and O–H groups in total. The first-order chi connectivity index (χ1) is 16.0. The third kappa shape index (κ3) is 7.57. The Morgan fingerprint density at radius 3 is 2.97 bits per heavy atom. The number of carbonyl (C=O) groups excluding carboxylic acids is 1. The summed E-state index contributed by atoms with van der Waals surface area (Å²) in [6, 6.07) is 0. The molecule has 1 saturated carbocycles. The van der Waals surface area contributed by atoms with Crippen molar-refractivity contribution in [3.05, 3.63) is 36.0 Å². The van der Waals surface area contributed by atoms with Gasteiger partial charge in [-0.2, -0.15) is 0 Å². The quantitative estimate of drug-likeness (QED) is 0.286. The Labute approximate surface area is 199 Å². The van der Waals surface area contributed by atoms with Crippen LogP contribution in [0.25, 0.3) is 0 Å². The molecule has 7 atom stereocenters. The van der Waals surface area contributed by atoms with Crippen LogP contribution in [0.4, 0.5) is 0 Å². The molecule has 0 bridgehead atoms. The normalized spacial score (nSPS) is 31.2. The molecule has 0 aromatic carbocycles. The van der Waals surface area contributed by atoms with Crippen molar-refractivity contribution in [1.82, 2.24) is 0 Å². The Kier molecular flexibility index (Phi) is 10.2. The van der Waals surface area contributed by atoms with Gasteiger partial charge in [0.05, 0.1) is 19.3 Å². The fourth-order valence-corrected chi connectivity index (χ4v) is 5.16. The van der Waals surface area contributed by atoms with E-state index >= 15 is 0 Å². The zero-order valence-electron chi connectivity index (χ0n) is 20.4. The minimum Gasteiger partial charge on any atom is -0.469 e. The zero-order valence-corrected chi connectivity index (χ0v) is 20.4. The Bertz CT molecular complexity index is 780. The SMILES string of the molecule is CC#CCC(C)C(O)C=C[C@H]1[C@@H]2CC(C=CCCC(=O)OC)=C[C@H]2C[C@H]1OC1CCCCO1. The molecular formula is C28H40O5. The molecule has 5 nitrogen and oxygen atoms in total. The highest BCUT2D eigenvalue weighted by Gasteiger charge is 2.45. The van der Waals surface area contributed by atoms with Gasteiger partial charge in [-0.3, -0.25) is 4.79 Å². The molecule has 33 heavy (non-hydrogen) atoms. The van der Waals surface area contributed by atoms with Crippen LogP contribution in [0.3, 0.4) is 0 Å². The fourth-order valence-electron chi connectivity index (χ4n) is 5.16. The van der Waals surface area contributed by atoms with Gasteiger partial charge in [0.25, 0.3) is 0 Å². The maximum absolute atomic E-state index is 11.3. The Morgan fingerprint density at radius 1 is 1.39 bits per heavy atom. The topological polar surface area (TPSA) is 65.0 Å². The number of hydrogen-bond acceptors (Lipinski definition) is 5. The number of aliphatic hydroxyl groups is 1. The molecule has 0 radical (unpaired) electrons. The van der Waals surface area contributed by atoms with E-state index in [4.69, 9.17) is 14.2 Å². The first-order valence-corrected chi connectivity index (χ1v) is 12.5. The summed E-state index contributed by atoms with van der Waals surface area (Å²) >= 11 is 0. The zero-order chi connectivity index (χ0) is 23.6. The molecule has 1 heterocycles. The van der Waals surface area contributed by atoms with E-state index in [1.54, 1.807) is 0 Å². The highest BCUT2D eigenvalue weighted by molar-refractivity contribution is 5.69. The lowest BCUT2D eigenvalue weighted by Crippen LogP contribution is -2.31. The van der Waals surface area contributed by atoms with Gasteiger partial charge >= 0.3 is 5.97 Å². The third-order valence-electron chi connectivity index (χ3n) is 7.13. The number of allylic oxidation sites excluding steroid dienone is 4. The molecule has 0 aromatic heterocycles. The fraction of sp³-hybridized carbons (Fsp3) is 0.679. The van der Waals surface area contributed by atoms with E-state index in [2.05, 4.69) is 36.1 Å². The van der Waals surface area contributed by atoms with Crippen LogP contribution in [0.1, 0.15) is 65.2 Å². The Morgan fingerprint density at radius 2 is 2.24 bits per heavy atom. The molecule has 182 valence electrons. The summed E-state index contributed by atoms with van der Waals surface area (Å²) in [5.74, 6) is 7.08. The van der Waals surface area contributed by atoms with Gasteiger partial charge in [-0.05, 0) is 63.2 Å². The predicted octanol–water partition coefficient (Wildman–Crippen LogP) is 4.96. The van der Waals surface area contributed by atoms with Crippen LogP contribution in [0, 0.1) is 35.5 Å². The average molecular weight is 457 g/mol. The molecular weight excluding hydrogens is 416 g/mol. The van der Waals surface area contributed by atoms with E-state index in [1.165, 1.54) is 12.7 Å². The van der Waals surface area contributed by atoms with Gasteiger partial charge in [0.15, 0.2) is 6.29 Å². The lowest BCUT2D eigenvalue weighted by Gasteiger charge is -2.29. The lowest BCUT2D eigenvalue weighted by atomic mass is 9.88. The van der Waals surface area contributed by atoms with Crippen LogP contribution in [0.5, 0.6) is 0 Å². The van der Waals surface area contributed by atoms with Gasteiger partial charge in [0.1, 0.15) is 0 Å². The molecule has 0 amide bonds. The van der Waals surface area contributed by atoms with E-state index in [-0.39, 0.29) is 30.2 Å². The van der Waals surface area contributed by atoms with E-state index < -0.39 is 6.10 Å². The summed E-state index contributed by atoms with van der Waals surface area (Å²) in [6.45, 7) is 4.65. The highest BCUT2D eigenvalue weighted by atomic mass is 16.7. The van der Waals surface area contributed by atoms with Gasteiger partial charge in [-0.15, -0.1) is 11.8 Å². The van der Waals surface area contributed by atoms with Gasteiger partial charge in [-0.1, -0.05) is 42.9 Å². The standard InChI is InChI=1S/C28H40O5/c1-4-5-10-20(2)25(29)15-14-23-24-18-21(11-6-7-12-27(30)31-3)17-22(24)19-26(23)33-28-13-8-9-16-32-28/h6,11,14-15,17,20,22-26,28-29H,7-10,12-13,16,18-19H2,1-3H3/t20?,22-,23-,24+,25?,26+,28?/m0/s1. The number of hydrogen-bond donors (Lipinski definition) is 1. The summed E-state index contributed by atoms with van der Waals surface area (Å²) in [6.07, 6.45) is 17.2. The number of aliphatic hydroxyl groups excluding tert-OH is 1. The highest BCUT2D eigenvalue weighted by Crippen LogP contribution is 2.49. The summed E-state index contributed by atoms with van der Waals surface area (Å²) in [4.78, 5) is 11.3. The predicted molar refractivity (Wildman–Crippen MR) is 129 cm³/mol. The number of carbonyl (C=O) groups is 1. The first kappa shape index (κ1) is 25.7. The summed E-state index contributed by atoms with van der Waals surface area (Å²) in [5, 5.41) is 10.6. The number of fused-ring (bicyclic) bond motifs is 1. The Hall–Kier alpha value is -1.87. The van der Waals surface area contributed by atoms with E-state index in [0.29, 0.717) is 31.1 Å². The maximum Gasteiger partial charge on any atom is 0.305 e. The van der Waals surface area contributed by atoms with Crippen molar-refractivity contribution in [2.75, 3.05) is 13.7 Å². The molecule has 5 heteroatoms. The Balaban J connectivity index is 1.64. The molecule has 0 spiro atoms. The number of esters is 1. The summed E-state index contributed by atoms with van der Waals surface area (Å²) in [5.41, 5.74) is 1.33. The maximum atomic E-state index is 11.3. The van der Waals surface area contributed by atoms with Crippen LogP contribution in [-0.2, 0) is 19.0 Å². The summed E-state index contributed by atoms with van der Waals surface area (Å²) in [7, 11) is 1.42. The molecule has 2 aliphatic carbocycles. The van der Waals surface area contributed by atoms with Crippen LogP contribution in [-0.4, -0.2) is 43.3 Å². The van der Waals surface area contributed by atoms with Crippen LogP contribution in [0.15, 0.2) is 36.0 Å². The van der Waals surface area contributed by atoms with Crippen LogP contribution >= 0.6 is 0 Å². The molecule has 0 aromatic rings. The van der Waals surface area contributed by atoms with E-state index in [1.807, 2.05) is 19.9 Å². The molecule has 1 aliphatic heterocycles. The van der Waals surface area contributed by atoms with Gasteiger partial charge in [-0.25, -0.2) is 0 Å². The van der Waals surface area contributed by atoms with E-state index in [0.717, 1.165) is 38.7 Å². The smallest absolute Gasteiger partial charge is 0.305 e. The molecule has 2 fully saturated rings. The first-order valence-electron chi connectivity index (χ1n) is 12.5. The molecule has 3 aliphatic rings. The summed E-state index contributed by atoms with van der Waals surface area (Å²) < 4.78 is 17.0. The average Bonchev–Trinajstić information content (AvgIpc) is 3.36. The third-order valence-corrected chi connectivity index (χ3v) is 7.13.